The second-order valence-corrected chi connectivity index (χ2v) is 2.95. The van der Waals surface area contributed by atoms with Crippen LogP contribution in [0.4, 0.5) is 0 Å². The van der Waals surface area contributed by atoms with Gasteiger partial charge in [0, 0.05) is 6.61 Å². The smallest absolute Gasteiger partial charge is 0.0599 e. The molecule has 0 aliphatic heterocycles. The second-order valence-electron chi connectivity index (χ2n) is 2.95. The number of hydrogen-bond donors (Lipinski definition) is 2. The molecule has 0 aromatic rings. The highest BCUT2D eigenvalue weighted by Gasteiger charge is 2.04. The Morgan fingerprint density at radius 3 is 2.67 bits per heavy atom. The van der Waals surface area contributed by atoms with Crippen LogP contribution in [0.15, 0.2) is 24.8 Å². The number of rotatable bonds is 7. The molecule has 0 amide bonds. The number of allylic oxidation sites excluding steroid dienone is 1. The lowest BCUT2D eigenvalue weighted by atomic mass is 10.0. The predicted molar refractivity (Wildman–Crippen MR) is 50.9 cm³/mol. The minimum atomic E-state index is -0.438. The van der Waals surface area contributed by atoms with Crippen molar-refractivity contribution in [3.05, 3.63) is 24.8 Å². The van der Waals surface area contributed by atoms with E-state index in [1.807, 2.05) is 6.08 Å². The quantitative estimate of drug-likeness (QED) is 0.570. The molecule has 2 heteroatoms. The first kappa shape index (κ1) is 11.4. The summed E-state index contributed by atoms with van der Waals surface area (Å²) >= 11 is 0. The minimum absolute atomic E-state index is 0.0376. The Kier molecular flexibility index (Phi) is 6.72. The van der Waals surface area contributed by atoms with E-state index in [0.29, 0.717) is 12.8 Å². The molecule has 0 radical (unpaired) electrons. The van der Waals surface area contributed by atoms with Crippen molar-refractivity contribution in [3.8, 4) is 0 Å². The van der Waals surface area contributed by atoms with Crippen molar-refractivity contribution >= 4 is 0 Å². The molecule has 0 aromatic carbocycles. The van der Waals surface area contributed by atoms with Gasteiger partial charge in [-0.25, -0.2) is 0 Å². The van der Waals surface area contributed by atoms with Crippen molar-refractivity contribution in [3.63, 3.8) is 0 Å². The average molecular weight is 170 g/mol. The molecule has 0 heterocycles. The highest BCUT2D eigenvalue weighted by molar-refractivity contribution is 4.97. The molecule has 2 nitrogen and oxygen atoms in total. The largest absolute Gasteiger partial charge is 0.396 e. The monoisotopic (exact) mass is 170 g/mol. The summed E-state index contributed by atoms with van der Waals surface area (Å²) in [6, 6.07) is 0. The zero-order chi connectivity index (χ0) is 9.40. The van der Waals surface area contributed by atoms with E-state index in [0.717, 1.165) is 18.4 Å². The molecular formula is C10H18O2. The maximum atomic E-state index is 9.27. The minimum Gasteiger partial charge on any atom is -0.396 e. The van der Waals surface area contributed by atoms with Crippen LogP contribution in [0.25, 0.3) is 0 Å². The van der Waals surface area contributed by atoms with Crippen LogP contribution < -0.4 is 0 Å². The van der Waals surface area contributed by atoms with Crippen LogP contribution in [0, 0.1) is 0 Å². The van der Waals surface area contributed by atoms with E-state index in [2.05, 4.69) is 13.2 Å². The zero-order valence-corrected chi connectivity index (χ0v) is 7.50. The van der Waals surface area contributed by atoms with Gasteiger partial charge in [0.05, 0.1) is 6.10 Å². The van der Waals surface area contributed by atoms with E-state index in [1.165, 1.54) is 0 Å². The van der Waals surface area contributed by atoms with Crippen molar-refractivity contribution in [1.82, 2.24) is 0 Å². The lowest BCUT2D eigenvalue weighted by Gasteiger charge is -2.09. The van der Waals surface area contributed by atoms with Gasteiger partial charge in [0.15, 0.2) is 0 Å². The van der Waals surface area contributed by atoms with Crippen molar-refractivity contribution in [1.29, 1.82) is 0 Å². The van der Waals surface area contributed by atoms with Gasteiger partial charge in [0.2, 0.25) is 0 Å². The number of aliphatic hydroxyl groups is 2. The lowest BCUT2D eigenvalue weighted by molar-refractivity contribution is 0.132. The van der Waals surface area contributed by atoms with Crippen molar-refractivity contribution in [2.45, 2.75) is 31.8 Å². The molecule has 1 atom stereocenters. The Morgan fingerprint density at radius 2 is 2.17 bits per heavy atom. The maximum absolute atomic E-state index is 9.27. The van der Waals surface area contributed by atoms with Crippen molar-refractivity contribution in [2.24, 2.45) is 0 Å². The number of aliphatic hydroxyl groups excluding tert-OH is 2. The van der Waals surface area contributed by atoms with Gasteiger partial charge in [-0.3, -0.25) is 0 Å². The summed E-state index contributed by atoms with van der Waals surface area (Å²) in [5.74, 6) is 0. The molecule has 0 unspecified atom stereocenters. The standard InChI is InChI=1S/C10H18O2/c1-3-4-5-9(2)8-10(12)6-7-11/h3,10-12H,1-2,4-8H2/t10-/m0/s1. The van der Waals surface area contributed by atoms with E-state index in [9.17, 15) is 5.11 Å². The summed E-state index contributed by atoms with van der Waals surface area (Å²) in [5.41, 5.74) is 1.02. The first-order chi connectivity index (χ1) is 5.70. The van der Waals surface area contributed by atoms with E-state index in [4.69, 9.17) is 5.11 Å². The Hall–Kier alpha value is -0.600. The normalized spacial score (nSPS) is 12.5. The van der Waals surface area contributed by atoms with Crippen LogP contribution in [0.2, 0.25) is 0 Å². The van der Waals surface area contributed by atoms with Gasteiger partial charge in [0.25, 0.3) is 0 Å². The van der Waals surface area contributed by atoms with Crippen LogP contribution in [-0.2, 0) is 0 Å². The summed E-state index contributed by atoms with van der Waals surface area (Å²) < 4.78 is 0. The van der Waals surface area contributed by atoms with Crippen molar-refractivity contribution in [2.75, 3.05) is 6.61 Å². The fourth-order valence-corrected chi connectivity index (χ4v) is 0.993. The molecule has 0 bridgehead atoms. The molecule has 0 saturated carbocycles. The highest BCUT2D eigenvalue weighted by Crippen LogP contribution is 2.11. The second kappa shape index (κ2) is 7.07. The van der Waals surface area contributed by atoms with Gasteiger partial charge in [-0.05, 0) is 25.7 Å². The molecule has 2 N–H and O–H groups in total. The first-order valence-corrected chi connectivity index (χ1v) is 4.27. The Balaban J connectivity index is 3.46. The molecule has 0 aliphatic rings. The fourth-order valence-electron chi connectivity index (χ4n) is 0.993. The van der Waals surface area contributed by atoms with Crippen LogP contribution in [-0.4, -0.2) is 22.9 Å². The average Bonchev–Trinajstić information content (AvgIpc) is 2.01. The van der Waals surface area contributed by atoms with E-state index in [1.54, 1.807) is 0 Å². The maximum Gasteiger partial charge on any atom is 0.0599 e. The van der Waals surface area contributed by atoms with Crippen LogP contribution in [0.1, 0.15) is 25.7 Å². The number of hydrogen-bond acceptors (Lipinski definition) is 2. The molecular weight excluding hydrogens is 152 g/mol. The molecule has 70 valence electrons. The molecule has 0 aliphatic carbocycles. The fraction of sp³-hybridized carbons (Fsp3) is 0.600. The lowest BCUT2D eigenvalue weighted by Crippen LogP contribution is -2.09. The van der Waals surface area contributed by atoms with Crippen LogP contribution in [0.5, 0.6) is 0 Å². The topological polar surface area (TPSA) is 40.5 Å². The van der Waals surface area contributed by atoms with Gasteiger partial charge in [-0.2, -0.15) is 0 Å². The van der Waals surface area contributed by atoms with Gasteiger partial charge in [-0.1, -0.05) is 18.2 Å². The Bertz CT molecular complexity index is 141. The van der Waals surface area contributed by atoms with Gasteiger partial charge >= 0.3 is 0 Å². The third-order valence-electron chi connectivity index (χ3n) is 1.69. The van der Waals surface area contributed by atoms with E-state index in [-0.39, 0.29) is 6.61 Å². The Labute approximate surface area is 74.2 Å². The molecule has 0 aromatic heterocycles. The Morgan fingerprint density at radius 1 is 1.50 bits per heavy atom. The van der Waals surface area contributed by atoms with Gasteiger partial charge in [-0.15, -0.1) is 6.58 Å². The van der Waals surface area contributed by atoms with Crippen LogP contribution in [0.3, 0.4) is 0 Å². The zero-order valence-electron chi connectivity index (χ0n) is 7.50. The van der Waals surface area contributed by atoms with E-state index >= 15 is 0 Å². The van der Waals surface area contributed by atoms with E-state index < -0.39 is 6.10 Å². The highest BCUT2D eigenvalue weighted by atomic mass is 16.3. The molecule has 0 spiro atoms. The first-order valence-electron chi connectivity index (χ1n) is 4.27. The SMILES string of the molecule is C=CCCC(=C)C[C@@H](O)CCO. The summed E-state index contributed by atoms with van der Waals surface area (Å²) in [4.78, 5) is 0. The summed E-state index contributed by atoms with van der Waals surface area (Å²) in [6.07, 6.45) is 4.22. The third-order valence-corrected chi connectivity index (χ3v) is 1.69. The molecule has 0 saturated heterocycles. The summed E-state index contributed by atoms with van der Waals surface area (Å²) in [6.45, 7) is 7.47. The van der Waals surface area contributed by atoms with Gasteiger partial charge in [0.1, 0.15) is 0 Å². The third kappa shape index (κ3) is 6.13. The summed E-state index contributed by atoms with van der Waals surface area (Å²) in [5, 5.41) is 17.8. The van der Waals surface area contributed by atoms with Gasteiger partial charge < -0.3 is 10.2 Å². The predicted octanol–water partition coefficient (Wildman–Crippen LogP) is 1.64. The van der Waals surface area contributed by atoms with Crippen LogP contribution >= 0.6 is 0 Å². The summed E-state index contributed by atoms with van der Waals surface area (Å²) in [7, 11) is 0. The molecule has 12 heavy (non-hydrogen) atoms. The molecule has 0 rings (SSSR count). The van der Waals surface area contributed by atoms with Crippen molar-refractivity contribution < 1.29 is 10.2 Å². The molecule has 0 fully saturated rings.